The third-order valence-electron chi connectivity index (χ3n) is 5.50. The molecule has 0 aliphatic heterocycles. The van der Waals surface area contributed by atoms with Crippen molar-refractivity contribution < 1.29 is 19.1 Å². The lowest BCUT2D eigenvalue weighted by atomic mass is 9.97. The van der Waals surface area contributed by atoms with Gasteiger partial charge in [0.1, 0.15) is 11.8 Å². The predicted molar refractivity (Wildman–Crippen MR) is 114 cm³/mol. The maximum atomic E-state index is 12.8. The topological polar surface area (TPSA) is 87.7 Å². The number of carbonyl (C=O) groups excluding carboxylic acids is 3. The van der Waals surface area contributed by atoms with Crippen molar-refractivity contribution in [3.8, 4) is 5.75 Å². The summed E-state index contributed by atoms with van der Waals surface area (Å²) in [6.07, 6.45) is 1.22. The standard InChI is InChI=1S/C22H35N3O4/c1-8-14(2)20(23-5)22(28)25(6)15(3)21(27)24-19(16(4)26)13-17-9-11-18(29-7)12-10-17/h9-12,14-15,19-20,23H,8,13H2,1-7H3,(H,24,27)/t14?,15-,19-,20+/m1/s1. The minimum atomic E-state index is -0.694. The van der Waals surface area contributed by atoms with Crippen molar-refractivity contribution in [2.75, 3.05) is 21.2 Å². The number of benzene rings is 1. The molecule has 0 aromatic heterocycles. The van der Waals surface area contributed by atoms with Gasteiger partial charge < -0.3 is 20.3 Å². The Morgan fingerprint density at radius 3 is 2.17 bits per heavy atom. The van der Waals surface area contributed by atoms with Crippen LogP contribution in [0.5, 0.6) is 5.75 Å². The average Bonchev–Trinajstić information content (AvgIpc) is 2.72. The van der Waals surface area contributed by atoms with Gasteiger partial charge in [-0.15, -0.1) is 0 Å². The van der Waals surface area contributed by atoms with E-state index < -0.39 is 12.1 Å². The summed E-state index contributed by atoms with van der Waals surface area (Å²) in [7, 11) is 4.95. The number of Topliss-reactive ketones (excluding diaryl/α,β-unsaturated/α-hetero) is 1. The van der Waals surface area contributed by atoms with Crippen LogP contribution in [0.15, 0.2) is 24.3 Å². The maximum absolute atomic E-state index is 12.8. The number of rotatable bonds is 11. The van der Waals surface area contributed by atoms with Crippen LogP contribution in [-0.4, -0.2) is 61.8 Å². The molecule has 7 nitrogen and oxygen atoms in total. The first kappa shape index (κ1) is 24.6. The van der Waals surface area contributed by atoms with Gasteiger partial charge in [-0.05, 0) is 50.9 Å². The molecule has 0 aliphatic rings. The van der Waals surface area contributed by atoms with Gasteiger partial charge in [-0.25, -0.2) is 0 Å². The first-order valence-electron chi connectivity index (χ1n) is 10.0. The summed E-state index contributed by atoms with van der Waals surface area (Å²) in [5, 5.41) is 5.84. The highest BCUT2D eigenvalue weighted by Crippen LogP contribution is 2.14. The fraction of sp³-hybridized carbons (Fsp3) is 0.591. The maximum Gasteiger partial charge on any atom is 0.243 e. The number of nitrogens with one attached hydrogen (secondary N) is 2. The molecule has 0 bridgehead atoms. The van der Waals surface area contributed by atoms with Crippen LogP contribution in [0.3, 0.4) is 0 Å². The summed E-state index contributed by atoms with van der Waals surface area (Å²) >= 11 is 0. The van der Waals surface area contributed by atoms with Gasteiger partial charge in [0.05, 0.1) is 19.2 Å². The average molecular weight is 406 g/mol. The molecule has 1 rings (SSSR count). The predicted octanol–water partition coefficient (Wildman–Crippen LogP) is 1.79. The van der Waals surface area contributed by atoms with E-state index in [0.717, 1.165) is 17.7 Å². The third-order valence-corrected chi connectivity index (χ3v) is 5.50. The smallest absolute Gasteiger partial charge is 0.243 e. The highest BCUT2D eigenvalue weighted by molar-refractivity contribution is 5.92. The Hall–Kier alpha value is -2.41. The molecule has 162 valence electrons. The van der Waals surface area contributed by atoms with Gasteiger partial charge in [0.2, 0.25) is 11.8 Å². The number of hydrogen-bond acceptors (Lipinski definition) is 5. The molecule has 0 spiro atoms. The SMILES string of the molecule is CCC(C)[C@H](NC)C(=O)N(C)[C@H](C)C(=O)N[C@H](Cc1ccc(OC)cc1)C(C)=O. The molecule has 4 atom stereocenters. The summed E-state index contributed by atoms with van der Waals surface area (Å²) in [5.74, 6) is 0.243. The van der Waals surface area contributed by atoms with Gasteiger partial charge in [-0.3, -0.25) is 14.4 Å². The number of carbonyl (C=O) groups is 3. The van der Waals surface area contributed by atoms with Crippen molar-refractivity contribution in [1.82, 2.24) is 15.5 Å². The fourth-order valence-corrected chi connectivity index (χ4v) is 3.06. The minimum Gasteiger partial charge on any atom is -0.497 e. The normalized spacial score (nSPS) is 15.0. The van der Waals surface area contributed by atoms with E-state index in [0.29, 0.717) is 6.42 Å². The van der Waals surface area contributed by atoms with Gasteiger partial charge in [-0.2, -0.15) is 0 Å². The second kappa shape index (κ2) is 11.6. The van der Waals surface area contributed by atoms with E-state index >= 15 is 0 Å². The zero-order chi connectivity index (χ0) is 22.1. The van der Waals surface area contributed by atoms with Crippen LogP contribution in [0.25, 0.3) is 0 Å². The molecular weight excluding hydrogens is 370 g/mol. The van der Waals surface area contributed by atoms with Crippen molar-refractivity contribution in [1.29, 1.82) is 0 Å². The Bertz CT molecular complexity index is 690. The summed E-state index contributed by atoms with van der Waals surface area (Å²) < 4.78 is 5.14. The van der Waals surface area contributed by atoms with Crippen molar-refractivity contribution in [2.24, 2.45) is 5.92 Å². The molecule has 29 heavy (non-hydrogen) atoms. The number of ketones is 1. The van der Waals surface area contributed by atoms with E-state index in [4.69, 9.17) is 4.74 Å². The number of amides is 2. The monoisotopic (exact) mass is 405 g/mol. The Kier molecular flexibility index (Phi) is 9.81. The van der Waals surface area contributed by atoms with E-state index in [1.54, 1.807) is 28.1 Å². The number of hydrogen-bond donors (Lipinski definition) is 2. The van der Waals surface area contributed by atoms with Crippen LogP contribution < -0.4 is 15.4 Å². The van der Waals surface area contributed by atoms with Crippen molar-refractivity contribution in [3.63, 3.8) is 0 Å². The summed E-state index contributed by atoms with van der Waals surface area (Å²) in [6, 6.07) is 5.65. The van der Waals surface area contributed by atoms with E-state index in [-0.39, 0.29) is 29.6 Å². The molecule has 0 aliphatic carbocycles. The van der Waals surface area contributed by atoms with E-state index in [9.17, 15) is 14.4 Å². The Morgan fingerprint density at radius 1 is 1.14 bits per heavy atom. The zero-order valence-corrected chi connectivity index (χ0v) is 18.6. The lowest BCUT2D eigenvalue weighted by Gasteiger charge is -2.31. The number of nitrogens with zero attached hydrogens (tertiary/aromatic N) is 1. The molecule has 7 heteroatoms. The summed E-state index contributed by atoms with van der Waals surface area (Å²) in [6.45, 7) is 7.14. The van der Waals surface area contributed by atoms with Gasteiger partial charge in [0.15, 0.2) is 5.78 Å². The van der Waals surface area contributed by atoms with E-state index in [2.05, 4.69) is 10.6 Å². The Morgan fingerprint density at radius 2 is 1.72 bits per heavy atom. The number of ether oxygens (including phenoxy) is 1. The quantitative estimate of drug-likeness (QED) is 0.586. The fourth-order valence-electron chi connectivity index (χ4n) is 3.06. The van der Waals surface area contributed by atoms with Crippen molar-refractivity contribution >= 4 is 17.6 Å². The minimum absolute atomic E-state index is 0.136. The second-order valence-electron chi connectivity index (χ2n) is 7.50. The van der Waals surface area contributed by atoms with Crippen LogP contribution in [0, 0.1) is 5.92 Å². The van der Waals surface area contributed by atoms with E-state index in [1.165, 1.54) is 11.8 Å². The Balaban J connectivity index is 2.82. The highest BCUT2D eigenvalue weighted by Gasteiger charge is 2.31. The largest absolute Gasteiger partial charge is 0.497 e. The van der Waals surface area contributed by atoms with Crippen molar-refractivity contribution in [3.05, 3.63) is 29.8 Å². The molecule has 2 N–H and O–H groups in total. The molecule has 1 aromatic carbocycles. The lowest BCUT2D eigenvalue weighted by molar-refractivity contribution is -0.141. The van der Waals surface area contributed by atoms with Crippen LogP contribution in [0.1, 0.15) is 39.7 Å². The van der Waals surface area contributed by atoms with Crippen molar-refractivity contribution in [2.45, 2.75) is 58.7 Å². The van der Waals surface area contributed by atoms with Crippen LogP contribution in [0.2, 0.25) is 0 Å². The molecule has 0 saturated heterocycles. The van der Waals surface area contributed by atoms with E-state index in [1.807, 2.05) is 38.1 Å². The van der Waals surface area contributed by atoms with Gasteiger partial charge >= 0.3 is 0 Å². The number of methoxy groups -OCH3 is 1. The zero-order valence-electron chi connectivity index (χ0n) is 18.6. The van der Waals surface area contributed by atoms with Crippen LogP contribution >= 0.6 is 0 Å². The summed E-state index contributed by atoms with van der Waals surface area (Å²) in [5.41, 5.74) is 0.912. The first-order chi connectivity index (χ1) is 13.7. The summed E-state index contributed by atoms with van der Waals surface area (Å²) in [4.78, 5) is 39.1. The third kappa shape index (κ3) is 6.85. The van der Waals surface area contributed by atoms with Crippen LogP contribution in [0.4, 0.5) is 0 Å². The Labute approximate surface area is 174 Å². The second-order valence-corrected chi connectivity index (χ2v) is 7.50. The molecule has 0 radical (unpaired) electrons. The lowest BCUT2D eigenvalue weighted by Crippen LogP contribution is -2.55. The van der Waals surface area contributed by atoms with Gasteiger partial charge in [-0.1, -0.05) is 32.4 Å². The molecule has 0 fully saturated rings. The molecule has 2 amide bonds. The molecule has 1 unspecified atom stereocenters. The van der Waals surface area contributed by atoms with Gasteiger partial charge in [0.25, 0.3) is 0 Å². The molecule has 0 heterocycles. The number of likely N-dealkylation sites (N-methyl/N-ethyl adjacent to an activating group) is 2. The highest BCUT2D eigenvalue weighted by atomic mass is 16.5. The van der Waals surface area contributed by atoms with Gasteiger partial charge in [0, 0.05) is 7.05 Å². The molecular formula is C22H35N3O4. The molecule has 1 aromatic rings. The first-order valence-corrected chi connectivity index (χ1v) is 10.0. The molecule has 0 saturated carbocycles. The van der Waals surface area contributed by atoms with Crippen LogP contribution in [-0.2, 0) is 20.8 Å².